The number of carboxylic acids is 1. The van der Waals surface area contributed by atoms with E-state index >= 15 is 0 Å². The molecule has 0 spiro atoms. The number of aromatic nitrogens is 1. The van der Waals surface area contributed by atoms with Gasteiger partial charge in [-0.25, -0.2) is 9.78 Å². The highest BCUT2D eigenvalue weighted by atomic mass is 16.5. The van der Waals surface area contributed by atoms with E-state index in [2.05, 4.69) is 4.98 Å². The fraction of sp³-hybridized carbons (Fsp3) is 0.143. The number of rotatable bonds is 8. The molecule has 0 atom stereocenters. The van der Waals surface area contributed by atoms with E-state index in [1.165, 1.54) is 6.07 Å². The van der Waals surface area contributed by atoms with Gasteiger partial charge in [-0.15, -0.1) is 0 Å². The van der Waals surface area contributed by atoms with Crippen molar-refractivity contribution in [2.45, 2.75) is 19.8 Å². The Bertz CT molecular complexity index is 899. The zero-order valence-electron chi connectivity index (χ0n) is 14.7. The van der Waals surface area contributed by atoms with Crippen molar-refractivity contribution in [3.63, 3.8) is 0 Å². The third-order valence-corrected chi connectivity index (χ3v) is 3.88. The molecule has 3 N–H and O–H groups in total. The van der Waals surface area contributed by atoms with E-state index in [0.29, 0.717) is 23.8 Å². The van der Waals surface area contributed by atoms with Gasteiger partial charge in [-0.2, -0.15) is 0 Å². The molecule has 0 saturated carbocycles. The Hall–Kier alpha value is -3.38. The van der Waals surface area contributed by atoms with Gasteiger partial charge in [-0.05, 0) is 11.1 Å². The highest BCUT2D eigenvalue weighted by Gasteiger charge is 2.18. The summed E-state index contributed by atoms with van der Waals surface area (Å²) in [5.41, 5.74) is 7.90. The molecule has 3 aromatic rings. The van der Waals surface area contributed by atoms with Crippen LogP contribution in [0.4, 0.5) is 0 Å². The monoisotopic (exact) mass is 364 g/mol. The predicted molar refractivity (Wildman–Crippen MR) is 101 cm³/mol. The third-order valence-electron chi connectivity index (χ3n) is 3.88. The van der Waals surface area contributed by atoms with Crippen molar-refractivity contribution in [1.82, 2.24) is 4.98 Å². The van der Waals surface area contributed by atoms with Gasteiger partial charge in [0.2, 0.25) is 0 Å². The van der Waals surface area contributed by atoms with Crippen LogP contribution >= 0.6 is 0 Å². The molecule has 0 amide bonds. The summed E-state index contributed by atoms with van der Waals surface area (Å²) in [5.74, 6) is -0.478. The van der Waals surface area contributed by atoms with Crippen LogP contribution in [0.2, 0.25) is 0 Å². The molecule has 0 bridgehead atoms. The zero-order chi connectivity index (χ0) is 19.1. The summed E-state index contributed by atoms with van der Waals surface area (Å²) in [7, 11) is 0. The molecule has 0 radical (unpaired) electrons. The molecule has 0 fully saturated rings. The molecule has 6 heteroatoms. The maximum Gasteiger partial charge on any atom is 0.354 e. The van der Waals surface area contributed by atoms with Crippen LogP contribution in [0.3, 0.4) is 0 Å². The number of nitrogens with zero attached hydrogens (tertiary/aromatic N) is 1. The number of nitrogens with two attached hydrogens (primary N) is 1. The molecule has 0 aliphatic rings. The second-order valence-corrected chi connectivity index (χ2v) is 5.84. The summed E-state index contributed by atoms with van der Waals surface area (Å²) in [6.07, 6.45) is 0. The van der Waals surface area contributed by atoms with E-state index in [4.69, 9.17) is 15.2 Å². The largest absolute Gasteiger partial charge is 0.485 e. The fourth-order valence-electron chi connectivity index (χ4n) is 2.53. The van der Waals surface area contributed by atoms with Gasteiger partial charge in [0.15, 0.2) is 17.2 Å². The van der Waals surface area contributed by atoms with E-state index in [9.17, 15) is 9.90 Å². The van der Waals surface area contributed by atoms with Crippen molar-refractivity contribution in [3.05, 3.63) is 89.2 Å². The van der Waals surface area contributed by atoms with Crippen molar-refractivity contribution < 1.29 is 19.4 Å². The first-order valence-electron chi connectivity index (χ1n) is 8.48. The molecule has 6 nitrogen and oxygen atoms in total. The lowest BCUT2D eigenvalue weighted by Crippen LogP contribution is -2.12. The Labute approximate surface area is 157 Å². The normalized spacial score (nSPS) is 10.4. The van der Waals surface area contributed by atoms with Crippen LogP contribution in [0.15, 0.2) is 66.7 Å². The standard InChI is InChI=1S/C21H20N2O4/c22-12-18-20(27-14-16-9-5-2-6-10-16)19(11-17(23-18)21(24)25)26-13-15-7-3-1-4-8-15/h1-11H,12-14,22H2,(H,24,25). The van der Waals surface area contributed by atoms with E-state index < -0.39 is 5.97 Å². The van der Waals surface area contributed by atoms with E-state index in [1.54, 1.807) is 0 Å². The first kappa shape index (κ1) is 18.4. The summed E-state index contributed by atoms with van der Waals surface area (Å²) in [6, 6.07) is 20.6. The number of ether oxygens (including phenoxy) is 2. The maximum atomic E-state index is 11.4. The predicted octanol–water partition coefficient (Wildman–Crippen LogP) is 3.40. The SMILES string of the molecule is NCc1nc(C(=O)O)cc(OCc2ccccc2)c1OCc1ccccc1. The van der Waals surface area contributed by atoms with Crippen LogP contribution in [-0.2, 0) is 19.8 Å². The van der Waals surface area contributed by atoms with Gasteiger partial charge in [0.1, 0.15) is 18.9 Å². The van der Waals surface area contributed by atoms with Crippen molar-refractivity contribution in [3.8, 4) is 11.5 Å². The highest BCUT2D eigenvalue weighted by Crippen LogP contribution is 2.32. The first-order chi connectivity index (χ1) is 13.2. The first-order valence-corrected chi connectivity index (χ1v) is 8.48. The molecule has 27 heavy (non-hydrogen) atoms. The number of aromatic carboxylic acids is 1. The van der Waals surface area contributed by atoms with Gasteiger partial charge in [0, 0.05) is 12.6 Å². The van der Waals surface area contributed by atoms with Gasteiger partial charge < -0.3 is 20.3 Å². The van der Waals surface area contributed by atoms with E-state index in [0.717, 1.165) is 11.1 Å². The molecular weight excluding hydrogens is 344 g/mol. The minimum absolute atomic E-state index is 0.0347. The minimum atomic E-state index is -1.15. The van der Waals surface area contributed by atoms with Gasteiger partial charge in [0.25, 0.3) is 0 Å². The van der Waals surface area contributed by atoms with Gasteiger partial charge >= 0.3 is 5.97 Å². The Kier molecular flexibility index (Phi) is 6.02. The lowest BCUT2D eigenvalue weighted by atomic mass is 10.2. The summed E-state index contributed by atoms with van der Waals surface area (Å²) in [5, 5.41) is 9.31. The molecule has 0 unspecified atom stereocenters. The van der Waals surface area contributed by atoms with Crippen molar-refractivity contribution >= 4 is 5.97 Å². The molecule has 138 valence electrons. The number of pyridine rings is 1. The van der Waals surface area contributed by atoms with Crippen LogP contribution in [0, 0.1) is 0 Å². The molecule has 0 aliphatic heterocycles. The zero-order valence-corrected chi connectivity index (χ0v) is 14.7. The number of benzene rings is 2. The van der Waals surface area contributed by atoms with E-state index in [-0.39, 0.29) is 18.8 Å². The maximum absolute atomic E-state index is 11.4. The minimum Gasteiger partial charge on any atom is -0.485 e. The van der Waals surface area contributed by atoms with Crippen LogP contribution in [-0.4, -0.2) is 16.1 Å². The number of hydrogen-bond donors (Lipinski definition) is 2. The van der Waals surface area contributed by atoms with Crippen molar-refractivity contribution in [1.29, 1.82) is 0 Å². The van der Waals surface area contributed by atoms with Gasteiger partial charge in [-0.3, -0.25) is 0 Å². The second-order valence-electron chi connectivity index (χ2n) is 5.84. The second kappa shape index (κ2) is 8.82. The average Bonchev–Trinajstić information content (AvgIpc) is 2.71. The van der Waals surface area contributed by atoms with Crippen LogP contribution < -0.4 is 15.2 Å². The van der Waals surface area contributed by atoms with Crippen molar-refractivity contribution in [2.75, 3.05) is 0 Å². The molecule has 3 rings (SSSR count). The van der Waals surface area contributed by atoms with Crippen molar-refractivity contribution in [2.24, 2.45) is 5.73 Å². The highest BCUT2D eigenvalue weighted by molar-refractivity contribution is 5.86. The average molecular weight is 364 g/mol. The summed E-state index contributed by atoms with van der Waals surface area (Å²) in [6.45, 7) is 0.603. The molecule has 0 aliphatic carbocycles. The van der Waals surface area contributed by atoms with E-state index in [1.807, 2.05) is 60.7 Å². The molecule has 1 heterocycles. The number of carbonyl (C=O) groups is 1. The lowest BCUT2D eigenvalue weighted by molar-refractivity contribution is 0.0689. The molecule has 0 saturated heterocycles. The Balaban J connectivity index is 1.89. The summed E-state index contributed by atoms with van der Waals surface area (Å²) in [4.78, 5) is 15.5. The quantitative estimate of drug-likeness (QED) is 0.636. The Morgan fingerprint density at radius 3 is 2.00 bits per heavy atom. The van der Waals surface area contributed by atoms with Crippen LogP contribution in [0.5, 0.6) is 11.5 Å². The Morgan fingerprint density at radius 2 is 1.48 bits per heavy atom. The van der Waals surface area contributed by atoms with Crippen LogP contribution in [0.25, 0.3) is 0 Å². The molecule has 2 aromatic carbocycles. The fourth-order valence-corrected chi connectivity index (χ4v) is 2.53. The van der Waals surface area contributed by atoms with Crippen LogP contribution in [0.1, 0.15) is 27.3 Å². The number of carboxylic acid groups (broad SMARTS) is 1. The topological polar surface area (TPSA) is 94.7 Å². The Morgan fingerprint density at radius 1 is 0.926 bits per heavy atom. The van der Waals surface area contributed by atoms with Gasteiger partial charge in [0.05, 0.1) is 0 Å². The van der Waals surface area contributed by atoms with Gasteiger partial charge in [-0.1, -0.05) is 60.7 Å². The number of hydrogen-bond acceptors (Lipinski definition) is 5. The smallest absolute Gasteiger partial charge is 0.354 e. The molecular formula is C21H20N2O4. The lowest BCUT2D eigenvalue weighted by Gasteiger charge is -2.16. The molecule has 1 aromatic heterocycles. The third kappa shape index (κ3) is 4.83. The summed E-state index contributed by atoms with van der Waals surface area (Å²) >= 11 is 0. The summed E-state index contributed by atoms with van der Waals surface area (Å²) < 4.78 is 11.8.